The van der Waals surface area contributed by atoms with Crippen LogP contribution in [0.5, 0.6) is 0 Å². The SMILES string of the molecule is CCOC(=O)CCc1cccnc1.CCOC(=O)CCc1cccnc1.NC(=O)c1cnc(C(N)=O)cn1. The lowest BCUT2D eigenvalue weighted by atomic mass is 10.2. The molecule has 0 atom stereocenters. The summed E-state index contributed by atoms with van der Waals surface area (Å²) in [4.78, 5) is 58.0. The summed E-state index contributed by atoms with van der Waals surface area (Å²) >= 11 is 0. The Balaban J connectivity index is 0.000000285. The highest BCUT2D eigenvalue weighted by Crippen LogP contribution is 2.02. The van der Waals surface area contributed by atoms with Gasteiger partial charge in [-0.3, -0.25) is 29.1 Å². The number of aromatic nitrogens is 4. The summed E-state index contributed by atoms with van der Waals surface area (Å²) < 4.78 is 9.61. The molecule has 0 saturated carbocycles. The molecule has 0 aliphatic carbocycles. The van der Waals surface area contributed by atoms with Gasteiger partial charge in [0.2, 0.25) is 0 Å². The van der Waals surface area contributed by atoms with Crippen LogP contribution in [0.25, 0.3) is 0 Å². The van der Waals surface area contributed by atoms with Crippen LogP contribution in [0.4, 0.5) is 0 Å². The molecule has 4 N–H and O–H groups in total. The zero-order valence-corrected chi connectivity index (χ0v) is 21.4. The minimum absolute atomic E-state index is 0.000000000000000222. The smallest absolute Gasteiger partial charge is 0.306 e. The van der Waals surface area contributed by atoms with Gasteiger partial charge in [-0.1, -0.05) is 12.1 Å². The molecule has 3 rings (SSSR count). The van der Waals surface area contributed by atoms with Gasteiger partial charge in [0.25, 0.3) is 11.8 Å². The van der Waals surface area contributed by atoms with E-state index in [2.05, 4.69) is 19.9 Å². The maximum atomic E-state index is 11.0. The Bertz CT molecular complexity index is 1040. The zero-order chi connectivity index (χ0) is 28.2. The normalized spacial score (nSPS) is 9.53. The van der Waals surface area contributed by atoms with Crippen LogP contribution >= 0.6 is 0 Å². The number of esters is 2. The third-order valence-corrected chi connectivity index (χ3v) is 4.45. The number of hydrogen-bond donors (Lipinski definition) is 2. The second-order valence-corrected chi connectivity index (χ2v) is 7.35. The van der Waals surface area contributed by atoms with Gasteiger partial charge in [-0.25, -0.2) is 9.97 Å². The molecule has 3 heterocycles. The first-order valence-corrected chi connectivity index (χ1v) is 11.8. The summed E-state index contributed by atoms with van der Waals surface area (Å²) in [5.41, 5.74) is 11.9. The molecule has 0 saturated heterocycles. The summed E-state index contributed by atoms with van der Waals surface area (Å²) in [6.45, 7) is 4.52. The van der Waals surface area contributed by atoms with Gasteiger partial charge in [-0.15, -0.1) is 0 Å². The van der Waals surface area contributed by atoms with Crippen molar-refractivity contribution in [1.82, 2.24) is 19.9 Å². The Kier molecular flexibility index (Phi) is 15.2. The van der Waals surface area contributed by atoms with E-state index in [1.54, 1.807) is 24.8 Å². The van der Waals surface area contributed by atoms with Crippen molar-refractivity contribution in [2.45, 2.75) is 39.5 Å². The first-order chi connectivity index (χ1) is 18.3. The van der Waals surface area contributed by atoms with Gasteiger partial charge < -0.3 is 20.9 Å². The minimum atomic E-state index is -0.696. The number of primary amides is 2. The lowest BCUT2D eigenvalue weighted by Crippen LogP contribution is -2.17. The maximum Gasteiger partial charge on any atom is 0.306 e. The van der Waals surface area contributed by atoms with E-state index >= 15 is 0 Å². The molecule has 0 aliphatic heterocycles. The molecule has 0 radical (unpaired) electrons. The average molecular weight is 525 g/mol. The third-order valence-electron chi connectivity index (χ3n) is 4.45. The highest BCUT2D eigenvalue weighted by Gasteiger charge is 2.05. The van der Waals surface area contributed by atoms with Crippen molar-refractivity contribution in [3.63, 3.8) is 0 Å². The minimum Gasteiger partial charge on any atom is -0.466 e. The molecule has 0 aliphatic rings. The van der Waals surface area contributed by atoms with Crippen molar-refractivity contribution in [3.8, 4) is 0 Å². The number of amides is 2. The van der Waals surface area contributed by atoms with Crippen LogP contribution in [-0.4, -0.2) is 56.9 Å². The third kappa shape index (κ3) is 14.0. The van der Waals surface area contributed by atoms with E-state index in [4.69, 9.17) is 20.9 Å². The number of nitrogens with two attached hydrogens (primary N) is 2. The number of aryl methyl sites for hydroxylation is 2. The second kappa shape index (κ2) is 18.5. The van der Waals surface area contributed by atoms with Gasteiger partial charge in [0.05, 0.1) is 25.6 Å². The van der Waals surface area contributed by atoms with Crippen LogP contribution in [0.3, 0.4) is 0 Å². The molecule has 0 spiro atoms. The van der Waals surface area contributed by atoms with Crippen LogP contribution in [-0.2, 0) is 31.9 Å². The number of hydrogen-bond acceptors (Lipinski definition) is 10. The Hall–Kier alpha value is -4.74. The van der Waals surface area contributed by atoms with Crippen LogP contribution in [0, 0.1) is 0 Å². The Morgan fingerprint density at radius 2 is 1.08 bits per heavy atom. The first-order valence-electron chi connectivity index (χ1n) is 11.8. The molecule has 12 nitrogen and oxygen atoms in total. The molecule has 2 amide bonds. The largest absolute Gasteiger partial charge is 0.466 e. The van der Waals surface area contributed by atoms with E-state index in [-0.39, 0.29) is 23.3 Å². The van der Waals surface area contributed by atoms with Crippen LogP contribution in [0.15, 0.2) is 61.4 Å². The molecule has 202 valence electrons. The van der Waals surface area contributed by atoms with Gasteiger partial charge in [0.15, 0.2) is 0 Å². The molecule has 38 heavy (non-hydrogen) atoms. The zero-order valence-electron chi connectivity index (χ0n) is 21.4. The number of carbonyl (C=O) groups is 4. The van der Waals surface area contributed by atoms with Crippen LogP contribution in [0.1, 0.15) is 58.8 Å². The van der Waals surface area contributed by atoms with Crippen molar-refractivity contribution >= 4 is 23.8 Å². The van der Waals surface area contributed by atoms with E-state index in [0.717, 1.165) is 23.5 Å². The number of nitrogens with zero attached hydrogens (tertiary/aromatic N) is 4. The molecule has 3 aromatic heterocycles. The highest BCUT2D eigenvalue weighted by atomic mass is 16.5. The average Bonchev–Trinajstić information content (AvgIpc) is 2.93. The molecule has 0 fully saturated rings. The summed E-state index contributed by atoms with van der Waals surface area (Å²) in [5.74, 6) is -1.69. The maximum absolute atomic E-state index is 11.0. The number of ether oxygens (including phenoxy) is 2. The molecular formula is C26H32N6O6. The van der Waals surface area contributed by atoms with Crippen molar-refractivity contribution in [2.75, 3.05) is 13.2 Å². The van der Waals surface area contributed by atoms with Gasteiger partial charge in [0, 0.05) is 37.6 Å². The van der Waals surface area contributed by atoms with Gasteiger partial charge in [-0.05, 0) is 49.9 Å². The fraction of sp³-hybridized carbons (Fsp3) is 0.308. The van der Waals surface area contributed by atoms with Crippen molar-refractivity contribution < 1.29 is 28.7 Å². The van der Waals surface area contributed by atoms with Gasteiger partial charge in [0.1, 0.15) is 11.4 Å². The van der Waals surface area contributed by atoms with E-state index in [9.17, 15) is 19.2 Å². The predicted octanol–water partition coefficient (Wildman–Crippen LogP) is 1.83. The Morgan fingerprint density at radius 1 is 0.684 bits per heavy atom. The van der Waals surface area contributed by atoms with E-state index < -0.39 is 11.8 Å². The predicted molar refractivity (Wildman–Crippen MR) is 137 cm³/mol. The van der Waals surface area contributed by atoms with E-state index in [1.165, 1.54) is 0 Å². The van der Waals surface area contributed by atoms with Gasteiger partial charge >= 0.3 is 11.9 Å². The van der Waals surface area contributed by atoms with Crippen LogP contribution in [0.2, 0.25) is 0 Å². The fourth-order valence-corrected chi connectivity index (χ4v) is 2.63. The molecule has 3 aromatic rings. The molecular weight excluding hydrogens is 492 g/mol. The number of carbonyl (C=O) groups excluding carboxylic acids is 4. The quantitative estimate of drug-likeness (QED) is 0.370. The molecule has 0 bridgehead atoms. The number of rotatable bonds is 10. The fourth-order valence-electron chi connectivity index (χ4n) is 2.63. The molecule has 12 heteroatoms. The summed E-state index contributed by atoms with van der Waals surface area (Å²) in [7, 11) is 0. The first kappa shape index (κ1) is 31.3. The van der Waals surface area contributed by atoms with Gasteiger partial charge in [-0.2, -0.15) is 0 Å². The molecule has 0 aromatic carbocycles. The highest BCUT2D eigenvalue weighted by molar-refractivity contribution is 5.92. The van der Waals surface area contributed by atoms with Crippen molar-refractivity contribution in [2.24, 2.45) is 11.5 Å². The monoisotopic (exact) mass is 524 g/mol. The van der Waals surface area contributed by atoms with Crippen molar-refractivity contribution in [3.05, 3.63) is 84.0 Å². The molecule has 0 unspecified atom stereocenters. The Morgan fingerprint density at radius 3 is 1.34 bits per heavy atom. The summed E-state index contributed by atoms with van der Waals surface area (Å²) in [5, 5.41) is 0. The van der Waals surface area contributed by atoms with Crippen LogP contribution < -0.4 is 11.5 Å². The Labute approximate surface area is 220 Å². The summed E-state index contributed by atoms with van der Waals surface area (Å²) in [6, 6.07) is 7.62. The lowest BCUT2D eigenvalue weighted by Gasteiger charge is -2.00. The van der Waals surface area contributed by atoms with E-state index in [0.29, 0.717) is 38.9 Å². The standard InChI is InChI=1S/2C10H13NO2.C6H6N4O2/c2*1-2-13-10(12)6-5-9-4-3-7-11-8-9;7-5(11)3-1-9-4(2-10-3)6(8)12/h2*3-4,7-8H,2,5-6H2,1H3;1-2H,(H2,7,11)(H2,8,12). The number of pyridine rings is 2. The van der Waals surface area contributed by atoms with Crippen molar-refractivity contribution in [1.29, 1.82) is 0 Å². The van der Waals surface area contributed by atoms with E-state index in [1.807, 2.05) is 38.1 Å². The second-order valence-electron chi connectivity index (χ2n) is 7.35. The lowest BCUT2D eigenvalue weighted by molar-refractivity contribution is -0.144. The summed E-state index contributed by atoms with van der Waals surface area (Å²) in [6.07, 6.45) is 11.4. The topological polar surface area (TPSA) is 190 Å².